The van der Waals surface area contributed by atoms with Gasteiger partial charge in [0, 0.05) is 27.9 Å². The molecule has 0 unspecified atom stereocenters. The van der Waals surface area contributed by atoms with Crippen LogP contribution in [0, 0.1) is 0 Å². The molecular formula is C14H23NO3. The molecule has 0 aliphatic heterocycles. The fraction of sp³-hybridized carbons (Fsp3) is 0.571. The first kappa shape index (κ1) is 15.1. The van der Waals surface area contributed by atoms with Crippen LogP contribution in [0.1, 0.15) is 11.1 Å². The molecule has 0 aromatic heterocycles. The zero-order valence-electron chi connectivity index (χ0n) is 11.4. The van der Waals surface area contributed by atoms with Gasteiger partial charge in [0.15, 0.2) is 6.29 Å². The normalized spacial score (nSPS) is 11.1. The molecule has 0 fully saturated rings. The zero-order chi connectivity index (χ0) is 13.2. The second-order valence-electron chi connectivity index (χ2n) is 4.10. The zero-order valence-corrected chi connectivity index (χ0v) is 11.4. The van der Waals surface area contributed by atoms with Crippen LogP contribution in [0.5, 0.6) is 0 Å². The molecule has 1 aromatic carbocycles. The molecule has 0 atom stereocenters. The predicted molar refractivity (Wildman–Crippen MR) is 71.5 cm³/mol. The van der Waals surface area contributed by atoms with Crippen LogP contribution in [0.15, 0.2) is 24.3 Å². The first-order valence-corrected chi connectivity index (χ1v) is 6.13. The van der Waals surface area contributed by atoms with Crippen LogP contribution in [0.4, 0.5) is 0 Å². The Morgan fingerprint density at radius 1 is 1.00 bits per heavy atom. The molecule has 0 aliphatic carbocycles. The molecule has 102 valence electrons. The number of hydrogen-bond donors (Lipinski definition) is 1. The van der Waals surface area contributed by atoms with Gasteiger partial charge in [-0.15, -0.1) is 0 Å². The van der Waals surface area contributed by atoms with Crippen molar-refractivity contribution in [1.82, 2.24) is 5.32 Å². The third kappa shape index (κ3) is 5.60. The molecule has 0 saturated carbocycles. The highest BCUT2D eigenvalue weighted by atomic mass is 16.7. The molecule has 0 heterocycles. The van der Waals surface area contributed by atoms with E-state index in [2.05, 4.69) is 29.6 Å². The van der Waals surface area contributed by atoms with Crippen LogP contribution in [-0.4, -0.2) is 40.7 Å². The van der Waals surface area contributed by atoms with Crippen LogP contribution in [-0.2, 0) is 27.2 Å². The Balaban J connectivity index is 2.22. The summed E-state index contributed by atoms with van der Waals surface area (Å²) < 4.78 is 15.3. The first-order valence-electron chi connectivity index (χ1n) is 6.13. The van der Waals surface area contributed by atoms with Gasteiger partial charge in [-0.3, -0.25) is 0 Å². The van der Waals surface area contributed by atoms with Crippen molar-refractivity contribution in [3.05, 3.63) is 35.4 Å². The minimum Gasteiger partial charge on any atom is -0.380 e. The highest BCUT2D eigenvalue weighted by Gasteiger charge is 2.03. The summed E-state index contributed by atoms with van der Waals surface area (Å²) in [7, 11) is 4.99. The van der Waals surface area contributed by atoms with Gasteiger partial charge in [-0.05, 0) is 24.1 Å². The molecule has 18 heavy (non-hydrogen) atoms. The van der Waals surface area contributed by atoms with E-state index in [0.29, 0.717) is 13.2 Å². The van der Waals surface area contributed by atoms with Crippen molar-refractivity contribution in [2.75, 3.05) is 34.4 Å². The summed E-state index contributed by atoms with van der Waals surface area (Å²) in [6, 6.07) is 8.48. The summed E-state index contributed by atoms with van der Waals surface area (Å²) in [4.78, 5) is 0. The van der Waals surface area contributed by atoms with Crippen molar-refractivity contribution < 1.29 is 14.2 Å². The molecule has 0 radical (unpaired) electrons. The van der Waals surface area contributed by atoms with Crippen molar-refractivity contribution in [3.8, 4) is 0 Å². The van der Waals surface area contributed by atoms with Gasteiger partial charge < -0.3 is 19.5 Å². The number of benzene rings is 1. The molecule has 0 spiro atoms. The maximum Gasteiger partial charge on any atom is 0.169 e. The number of methoxy groups -OCH3 is 3. The molecule has 0 amide bonds. The lowest BCUT2D eigenvalue weighted by Gasteiger charge is -2.14. The Bertz CT molecular complexity index is 309. The highest BCUT2D eigenvalue weighted by molar-refractivity contribution is 5.22. The van der Waals surface area contributed by atoms with Gasteiger partial charge in [0.05, 0.1) is 6.61 Å². The fourth-order valence-corrected chi connectivity index (χ4v) is 1.68. The topological polar surface area (TPSA) is 39.7 Å². The van der Waals surface area contributed by atoms with E-state index in [1.54, 1.807) is 21.3 Å². The lowest BCUT2D eigenvalue weighted by atomic mass is 10.1. The van der Waals surface area contributed by atoms with E-state index >= 15 is 0 Å². The molecule has 1 rings (SSSR count). The van der Waals surface area contributed by atoms with Crippen molar-refractivity contribution in [2.24, 2.45) is 0 Å². The third-order valence-corrected chi connectivity index (χ3v) is 2.76. The van der Waals surface area contributed by atoms with Gasteiger partial charge in [-0.1, -0.05) is 24.3 Å². The molecule has 0 aliphatic rings. The van der Waals surface area contributed by atoms with E-state index in [4.69, 9.17) is 14.2 Å². The number of ether oxygens (including phenoxy) is 3. The Morgan fingerprint density at radius 3 is 2.17 bits per heavy atom. The van der Waals surface area contributed by atoms with E-state index < -0.39 is 0 Å². The van der Waals surface area contributed by atoms with Crippen LogP contribution >= 0.6 is 0 Å². The van der Waals surface area contributed by atoms with E-state index in [0.717, 1.165) is 13.0 Å². The predicted octanol–water partition coefficient (Wildman–Crippen LogP) is 1.58. The SMILES string of the molecule is COCc1ccc(CCNCC(OC)OC)cc1. The molecule has 4 nitrogen and oxygen atoms in total. The largest absolute Gasteiger partial charge is 0.380 e. The van der Waals surface area contributed by atoms with Crippen LogP contribution in [0.25, 0.3) is 0 Å². The summed E-state index contributed by atoms with van der Waals surface area (Å²) in [5.74, 6) is 0. The van der Waals surface area contributed by atoms with Gasteiger partial charge >= 0.3 is 0 Å². The Kier molecular flexibility index (Phi) is 7.60. The van der Waals surface area contributed by atoms with Crippen molar-refractivity contribution in [2.45, 2.75) is 19.3 Å². The maximum absolute atomic E-state index is 5.10. The summed E-state index contributed by atoms with van der Waals surface area (Å²) in [5.41, 5.74) is 2.52. The Labute approximate surface area is 109 Å². The lowest BCUT2D eigenvalue weighted by molar-refractivity contribution is -0.0986. The monoisotopic (exact) mass is 253 g/mol. The van der Waals surface area contributed by atoms with Crippen LogP contribution in [0.2, 0.25) is 0 Å². The molecular weight excluding hydrogens is 230 g/mol. The quantitative estimate of drug-likeness (QED) is 0.536. The van der Waals surface area contributed by atoms with E-state index in [-0.39, 0.29) is 6.29 Å². The van der Waals surface area contributed by atoms with Gasteiger partial charge in [0.25, 0.3) is 0 Å². The molecule has 1 aromatic rings. The third-order valence-electron chi connectivity index (χ3n) is 2.76. The van der Waals surface area contributed by atoms with E-state index in [9.17, 15) is 0 Å². The van der Waals surface area contributed by atoms with Gasteiger partial charge in [0.2, 0.25) is 0 Å². The average Bonchev–Trinajstić information content (AvgIpc) is 2.41. The fourth-order valence-electron chi connectivity index (χ4n) is 1.68. The maximum atomic E-state index is 5.10. The first-order chi connectivity index (χ1) is 8.80. The molecule has 1 N–H and O–H groups in total. The molecule has 0 saturated heterocycles. The van der Waals surface area contributed by atoms with Crippen molar-refractivity contribution >= 4 is 0 Å². The average molecular weight is 253 g/mol. The van der Waals surface area contributed by atoms with Crippen LogP contribution in [0.3, 0.4) is 0 Å². The second-order valence-corrected chi connectivity index (χ2v) is 4.10. The lowest BCUT2D eigenvalue weighted by Crippen LogP contribution is -2.31. The Hall–Kier alpha value is -0.940. The standard InChI is InChI=1S/C14H23NO3/c1-16-11-13-6-4-12(5-7-13)8-9-15-10-14(17-2)18-3/h4-7,14-15H,8-11H2,1-3H3. The second kappa shape index (κ2) is 9.05. The van der Waals surface area contributed by atoms with E-state index in [1.807, 2.05) is 0 Å². The van der Waals surface area contributed by atoms with Crippen LogP contribution < -0.4 is 5.32 Å². The minimum absolute atomic E-state index is 0.172. The van der Waals surface area contributed by atoms with E-state index in [1.165, 1.54) is 11.1 Å². The van der Waals surface area contributed by atoms with Gasteiger partial charge in [0.1, 0.15) is 0 Å². The van der Waals surface area contributed by atoms with Crippen molar-refractivity contribution in [1.29, 1.82) is 0 Å². The smallest absolute Gasteiger partial charge is 0.169 e. The number of hydrogen-bond acceptors (Lipinski definition) is 4. The number of nitrogens with one attached hydrogen (secondary N) is 1. The van der Waals surface area contributed by atoms with Gasteiger partial charge in [-0.2, -0.15) is 0 Å². The minimum atomic E-state index is -0.172. The molecule has 0 bridgehead atoms. The summed E-state index contributed by atoms with van der Waals surface area (Å²) in [6.07, 6.45) is 0.821. The number of rotatable bonds is 9. The summed E-state index contributed by atoms with van der Waals surface area (Å²) in [5, 5.41) is 3.30. The Morgan fingerprint density at radius 2 is 1.61 bits per heavy atom. The summed E-state index contributed by atoms with van der Waals surface area (Å²) in [6.45, 7) is 2.28. The summed E-state index contributed by atoms with van der Waals surface area (Å²) >= 11 is 0. The van der Waals surface area contributed by atoms with Crippen molar-refractivity contribution in [3.63, 3.8) is 0 Å². The van der Waals surface area contributed by atoms with Gasteiger partial charge in [-0.25, -0.2) is 0 Å². The molecule has 4 heteroatoms. The highest BCUT2D eigenvalue weighted by Crippen LogP contribution is 2.05.